The lowest BCUT2D eigenvalue weighted by Gasteiger charge is -2.24. The van der Waals surface area contributed by atoms with Crippen LogP contribution in [-0.2, 0) is 11.2 Å². The first-order valence-electron chi connectivity index (χ1n) is 6.96. The van der Waals surface area contributed by atoms with E-state index in [2.05, 4.69) is 33.2 Å². The van der Waals surface area contributed by atoms with Gasteiger partial charge in [0.2, 0.25) is 5.91 Å². The zero-order chi connectivity index (χ0) is 14.1. The van der Waals surface area contributed by atoms with Crippen molar-refractivity contribution in [2.45, 2.75) is 32.2 Å². The number of nitrogens with one attached hydrogen (secondary N) is 1. The number of carbonyl (C=O) groups excluding carboxylic acids is 1. The molecule has 5 nitrogen and oxygen atoms in total. The molecular weight excluding hydrogens is 272 g/mol. The van der Waals surface area contributed by atoms with E-state index < -0.39 is 0 Å². The summed E-state index contributed by atoms with van der Waals surface area (Å²) in [5, 5.41) is 3.82. The number of likely N-dealkylation sites (N-methyl/N-ethyl adjacent to an activating group) is 1. The van der Waals surface area contributed by atoms with E-state index in [4.69, 9.17) is 0 Å². The van der Waals surface area contributed by atoms with Crippen LogP contribution in [0.4, 0.5) is 5.82 Å². The van der Waals surface area contributed by atoms with Crippen molar-refractivity contribution >= 4 is 33.3 Å². The summed E-state index contributed by atoms with van der Waals surface area (Å²) < 4.78 is 0. The van der Waals surface area contributed by atoms with Crippen molar-refractivity contribution in [1.29, 1.82) is 0 Å². The van der Waals surface area contributed by atoms with Crippen molar-refractivity contribution in [2.24, 2.45) is 0 Å². The second-order valence-corrected chi connectivity index (χ2v) is 6.06. The lowest BCUT2D eigenvalue weighted by Crippen LogP contribution is -2.42. The number of anilines is 1. The number of thiophene rings is 1. The van der Waals surface area contributed by atoms with Crippen LogP contribution < -0.4 is 10.2 Å². The molecule has 1 aliphatic heterocycles. The summed E-state index contributed by atoms with van der Waals surface area (Å²) in [5.41, 5.74) is 0. The summed E-state index contributed by atoms with van der Waals surface area (Å²) in [6.07, 6.45) is 4.51. The van der Waals surface area contributed by atoms with Crippen LogP contribution in [0.25, 0.3) is 10.2 Å². The van der Waals surface area contributed by atoms with Gasteiger partial charge in [0.25, 0.3) is 0 Å². The Labute approximate surface area is 122 Å². The maximum atomic E-state index is 12.0. The molecule has 0 aliphatic carbocycles. The third-order valence-electron chi connectivity index (χ3n) is 3.78. The number of nitrogens with zero attached hydrogens (tertiary/aromatic N) is 3. The van der Waals surface area contributed by atoms with Crippen molar-refractivity contribution in [3.8, 4) is 0 Å². The van der Waals surface area contributed by atoms with Crippen LogP contribution in [0, 0.1) is 0 Å². The molecule has 1 atom stereocenters. The number of aromatic nitrogens is 2. The van der Waals surface area contributed by atoms with E-state index in [0.717, 1.165) is 41.8 Å². The number of carbonyl (C=O) groups is 1. The van der Waals surface area contributed by atoms with Gasteiger partial charge in [-0.05, 0) is 25.3 Å². The molecule has 1 saturated heterocycles. The van der Waals surface area contributed by atoms with Crippen LogP contribution in [0.15, 0.2) is 12.4 Å². The predicted molar refractivity (Wildman–Crippen MR) is 81.2 cm³/mol. The number of hydrogen-bond donors (Lipinski definition) is 1. The van der Waals surface area contributed by atoms with Crippen LogP contribution in [0.3, 0.4) is 0 Å². The van der Waals surface area contributed by atoms with Gasteiger partial charge in [-0.15, -0.1) is 11.3 Å². The first kappa shape index (κ1) is 13.3. The Morgan fingerprint density at radius 1 is 1.55 bits per heavy atom. The van der Waals surface area contributed by atoms with Gasteiger partial charge in [0.15, 0.2) is 0 Å². The third kappa shape index (κ3) is 2.14. The number of amides is 1. The zero-order valence-electron chi connectivity index (χ0n) is 11.7. The molecule has 1 aliphatic rings. The number of hydrogen-bond acceptors (Lipinski definition) is 5. The molecule has 1 fully saturated rings. The molecule has 1 N–H and O–H groups in total. The minimum atomic E-state index is -0.108. The van der Waals surface area contributed by atoms with E-state index in [9.17, 15) is 4.79 Å². The normalized spacial score (nSPS) is 18.7. The van der Waals surface area contributed by atoms with Crippen LogP contribution >= 0.6 is 11.3 Å². The molecule has 0 spiro atoms. The lowest BCUT2D eigenvalue weighted by atomic mass is 10.2. The molecule has 0 saturated carbocycles. The van der Waals surface area contributed by atoms with Gasteiger partial charge in [-0.2, -0.15) is 0 Å². The Morgan fingerprint density at radius 2 is 2.40 bits per heavy atom. The SMILES string of the molecule is CCc1cc2c(N3CCC[C@H]3C(=O)NC)ncnc2s1. The Bertz CT molecular complexity index is 639. The smallest absolute Gasteiger partial charge is 0.242 e. The van der Waals surface area contributed by atoms with Gasteiger partial charge >= 0.3 is 0 Å². The van der Waals surface area contributed by atoms with Crippen LogP contribution in [0.2, 0.25) is 0 Å². The van der Waals surface area contributed by atoms with Crippen molar-refractivity contribution in [3.05, 3.63) is 17.3 Å². The van der Waals surface area contributed by atoms with E-state index in [1.165, 1.54) is 4.88 Å². The Kier molecular flexibility index (Phi) is 3.56. The minimum absolute atomic E-state index is 0.0696. The van der Waals surface area contributed by atoms with Gasteiger partial charge in [-0.25, -0.2) is 9.97 Å². The van der Waals surface area contributed by atoms with Crippen molar-refractivity contribution in [2.75, 3.05) is 18.5 Å². The Morgan fingerprint density at radius 3 is 3.15 bits per heavy atom. The van der Waals surface area contributed by atoms with Crippen LogP contribution in [-0.4, -0.2) is 35.5 Å². The number of rotatable bonds is 3. The first-order chi connectivity index (χ1) is 9.74. The van der Waals surface area contributed by atoms with E-state index in [-0.39, 0.29) is 11.9 Å². The monoisotopic (exact) mass is 290 g/mol. The largest absolute Gasteiger partial charge is 0.357 e. The fourth-order valence-corrected chi connectivity index (χ4v) is 3.68. The molecule has 0 aromatic carbocycles. The summed E-state index contributed by atoms with van der Waals surface area (Å²) in [4.78, 5) is 25.2. The number of fused-ring (bicyclic) bond motifs is 1. The first-order valence-corrected chi connectivity index (χ1v) is 7.78. The highest BCUT2D eigenvalue weighted by Crippen LogP contribution is 2.33. The maximum absolute atomic E-state index is 12.0. The highest BCUT2D eigenvalue weighted by Gasteiger charge is 2.32. The van der Waals surface area contributed by atoms with E-state index in [0.29, 0.717) is 0 Å². The van der Waals surface area contributed by atoms with Crippen molar-refractivity contribution in [1.82, 2.24) is 15.3 Å². The summed E-state index contributed by atoms with van der Waals surface area (Å²) >= 11 is 1.71. The van der Waals surface area contributed by atoms with Gasteiger partial charge in [-0.3, -0.25) is 4.79 Å². The van der Waals surface area contributed by atoms with E-state index in [1.54, 1.807) is 24.7 Å². The Balaban J connectivity index is 2.04. The minimum Gasteiger partial charge on any atom is -0.357 e. The summed E-state index contributed by atoms with van der Waals surface area (Å²) in [6, 6.07) is 2.05. The van der Waals surface area contributed by atoms with Gasteiger partial charge in [0, 0.05) is 18.5 Å². The number of aryl methyl sites for hydroxylation is 1. The highest BCUT2D eigenvalue weighted by atomic mass is 32.1. The van der Waals surface area contributed by atoms with Crippen molar-refractivity contribution < 1.29 is 4.79 Å². The maximum Gasteiger partial charge on any atom is 0.242 e. The molecule has 6 heteroatoms. The molecular formula is C14H18N4OS. The molecule has 0 bridgehead atoms. The third-order valence-corrected chi connectivity index (χ3v) is 4.97. The van der Waals surface area contributed by atoms with Crippen LogP contribution in [0.1, 0.15) is 24.6 Å². The second-order valence-electron chi connectivity index (χ2n) is 4.95. The molecule has 3 rings (SSSR count). The second kappa shape index (κ2) is 5.36. The Hall–Kier alpha value is -1.69. The molecule has 0 unspecified atom stereocenters. The van der Waals surface area contributed by atoms with Gasteiger partial charge in [0.1, 0.15) is 23.0 Å². The average Bonchev–Trinajstić information content (AvgIpc) is 3.11. The standard InChI is InChI=1S/C14H18N4OS/c1-3-9-7-10-12(16-8-17-14(10)20-9)18-6-4-5-11(18)13(19)15-2/h7-8,11H,3-6H2,1-2H3,(H,15,19)/t11-/m0/s1. The molecule has 1 amide bonds. The predicted octanol–water partition coefficient (Wildman–Crippen LogP) is 1.97. The zero-order valence-corrected chi connectivity index (χ0v) is 12.5. The molecule has 2 aromatic heterocycles. The van der Waals surface area contributed by atoms with Crippen molar-refractivity contribution in [3.63, 3.8) is 0 Å². The fraction of sp³-hybridized carbons (Fsp3) is 0.500. The molecule has 0 radical (unpaired) electrons. The quantitative estimate of drug-likeness (QED) is 0.939. The average molecular weight is 290 g/mol. The summed E-state index contributed by atoms with van der Waals surface area (Å²) in [7, 11) is 1.69. The van der Waals surface area contributed by atoms with Gasteiger partial charge in [0.05, 0.1) is 5.39 Å². The molecule has 106 valence electrons. The fourth-order valence-electron chi connectivity index (χ4n) is 2.76. The van der Waals surface area contributed by atoms with Gasteiger partial charge in [-0.1, -0.05) is 6.92 Å². The summed E-state index contributed by atoms with van der Waals surface area (Å²) in [5.74, 6) is 0.970. The van der Waals surface area contributed by atoms with E-state index in [1.807, 2.05) is 0 Å². The molecule has 2 aromatic rings. The lowest BCUT2D eigenvalue weighted by molar-refractivity contribution is -0.121. The van der Waals surface area contributed by atoms with Crippen LogP contribution in [0.5, 0.6) is 0 Å². The van der Waals surface area contributed by atoms with Gasteiger partial charge < -0.3 is 10.2 Å². The molecule has 20 heavy (non-hydrogen) atoms. The highest BCUT2D eigenvalue weighted by molar-refractivity contribution is 7.18. The topological polar surface area (TPSA) is 58.1 Å². The summed E-state index contributed by atoms with van der Waals surface area (Å²) in [6.45, 7) is 3.02. The molecule has 3 heterocycles. The van der Waals surface area contributed by atoms with E-state index >= 15 is 0 Å².